The molecule has 0 fully saturated rings. The van der Waals surface area contributed by atoms with Crippen LogP contribution in [0.25, 0.3) is 0 Å². The van der Waals surface area contributed by atoms with E-state index in [4.69, 9.17) is 23.7 Å². The van der Waals surface area contributed by atoms with Crippen LogP contribution < -0.4 is 14.2 Å². The molecule has 0 amide bonds. The van der Waals surface area contributed by atoms with E-state index < -0.39 is 29.9 Å². The lowest BCUT2D eigenvalue weighted by atomic mass is 9.77. The Morgan fingerprint density at radius 3 is 1.83 bits per heavy atom. The summed E-state index contributed by atoms with van der Waals surface area (Å²) in [4.78, 5) is 23.6. The van der Waals surface area contributed by atoms with Crippen LogP contribution in [0.5, 0.6) is 17.2 Å². The molecule has 2 atom stereocenters. The van der Waals surface area contributed by atoms with Gasteiger partial charge in [-0.15, -0.1) is 0 Å². The summed E-state index contributed by atoms with van der Waals surface area (Å²) in [7, 11) is 0. The lowest BCUT2D eigenvalue weighted by molar-refractivity contribution is -0.157. The molecule has 0 aromatic heterocycles. The fraction of sp³-hybridized carbons (Fsp3) is 0.379. The number of hydrogen-bond acceptors (Lipinski definition) is 7. The number of esters is 2. The summed E-state index contributed by atoms with van der Waals surface area (Å²) in [5, 5.41) is 0. The molecule has 2 rings (SSSR count). The zero-order valence-electron chi connectivity index (χ0n) is 22.2. The van der Waals surface area contributed by atoms with Crippen LogP contribution in [0.4, 0.5) is 0 Å². The third kappa shape index (κ3) is 7.63. The molecule has 0 heterocycles. The maximum Gasteiger partial charge on any atom is 0.336 e. The molecule has 0 aliphatic rings. The van der Waals surface area contributed by atoms with Crippen molar-refractivity contribution in [2.75, 3.05) is 6.61 Å². The molecule has 2 aromatic carbocycles. The normalized spacial score (nSPS) is 12.6. The predicted molar refractivity (Wildman–Crippen MR) is 138 cm³/mol. The number of benzene rings is 2. The highest BCUT2D eigenvalue weighted by molar-refractivity contribution is 5.87. The Balaban J connectivity index is 2.29. The van der Waals surface area contributed by atoms with Crippen molar-refractivity contribution in [3.05, 3.63) is 77.9 Å². The monoisotopic (exact) mass is 496 g/mol. The summed E-state index contributed by atoms with van der Waals surface area (Å²) in [6, 6.07) is 13.1. The van der Waals surface area contributed by atoms with E-state index in [9.17, 15) is 9.59 Å². The van der Waals surface area contributed by atoms with Crippen molar-refractivity contribution in [3.8, 4) is 17.2 Å². The van der Waals surface area contributed by atoms with E-state index in [0.717, 1.165) is 11.1 Å². The van der Waals surface area contributed by atoms with Gasteiger partial charge in [-0.05, 0) is 44.5 Å². The first kappa shape index (κ1) is 28.5. The van der Waals surface area contributed by atoms with Crippen molar-refractivity contribution < 1.29 is 33.3 Å². The summed E-state index contributed by atoms with van der Waals surface area (Å²) in [5.41, 5.74) is 1.97. The van der Waals surface area contributed by atoms with Crippen LogP contribution in [-0.2, 0) is 24.5 Å². The van der Waals surface area contributed by atoms with Crippen molar-refractivity contribution in [3.63, 3.8) is 0 Å². The molecule has 7 heteroatoms. The van der Waals surface area contributed by atoms with E-state index in [-0.39, 0.29) is 0 Å². The van der Waals surface area contributed by atoms with Crippen LogP contribution in [0, 0.1) is 0 Å². The van der Waals surface area contributed by atoms with Gasteiger partial charge in [-0.25, -0.2) is 9.59 Å². The molecule has 194 valence electrons. The average Bonchev–Trinajstić information content (AvgIpc) is 2.79. The maximum atomic E-state index is 11.9. The second-order valence-corrected chi connectivity index (χ2v) is 8.98. The molecule has 36 heavy (non-hydrogen) atoms. The molecule has 0 saturated carbocycles. The standard InChI is InChI=1S/C29H36O7/c1-10-32-24-15-16-25(26(17-24)34-21(7)36-28(31)19(4)5)29(8,9)22-11-13-23(14-12-22)33-20(6)35-27(30)18(2)3/h11-17,20-21H,2,4,10H2,1,3,5-9H3. The second kappa shape index (κ2) is 12.3. The summed E-state index contributed by atoms with van der Waals surface area (Å²) in [6.45, 7) is 20.2. The van der Waals surface area contributed by atoms with Crippen LogP contribution in [0.1, 0.15) is 59.6 Å². The molecule has 0 spiro atoms. The topological polar surface area (TPSA) is 80.3 Å². The Bertz CT molecular complexity index is 1100. The van der Waals surface area contributed by atoms with Gasteiger partial charge in [0, 0.05) is 42.0 Å². The largest absolute Gasteiger partial charge is 0.494 e. The summed E-state index contributed by atoms with van der Waals surface area (Å²) < 4.78 is 27.9. The number of ether oxygens (including phenoxy) is 5. The van der Waals surface area contributed by atoms with E-state index in [1.54, 1.807) is 33.8 Å². The van der Waals surface area contributed by atoms with E-state index >= 15 is 0 Å². The van der Waals surface area contributed by atoms with E-state index in [0.29, 0.717) is 35.0 Å². The highest BCUT2D eigenvalue weighted by Crippen LogP contribution is 2.40. The first-order valence-corrected chi connectivity index (χ1v) is 11.8. The third-order valence-corrected chi connectivity index (χ3v) is 5.35. The van der Waals surface area contributed by atoms with Crippen molar-refractivity contribution >= 4 is 11.9 Å². The summed E-state index contributed by atoms with van der Waals surface area (Å²) in [6.07, 6.45) is -1.60. The zero-order chi connectivity index (χ0) is 27.0. The van der Waals surface area contributed by atoms with Gasteiger partial charge in [-0.2, -0.15) is 0 Å². The van der Waals surface area contributed by atoms with Crippen LogP contribution in [-0.4, -0.2) is 31.1 Å². The first-order chi connectivity index (χ1) is 16.8. The Labute approximate surface area is 213 Å². The van der Waals surface area contributed by atoms with Gasteiger partial charge in [0.25, 0.3) is 0 Å². The molecular weight excluding hydrogens is 460 g/mol. The molecule has 2 aromatic rings. The minimum absolute atomic E-state index is 0.292. The van der Waals surface area contributed by atoms with Gasteiger partial charge in [0.2, 0.25) is 12.6 Å². The predicted octanol–water partition coefficient (Wildman–Crippen LogP) is 6.10. The Kier molecular flexibility index (Phi) is 9.73. The summed E-state index contributed by atoms with van der Waals surface area (Å²) in [5.74, 6) is 0.704. The molecule has 2 unspecified atom stereocenters. The quantitative estimate of drug-likeness (QED) is 0.200. The highest BCUT2D eigenvalue weighted by atomic mass is 16.7. The molecule has 0 bridgehead atoms. The molecule has 0 radical (unpaired) electrons. The molecule has 0 saturated heterocycles. The second-order valence-electron chi connectivity index (χ2n) is 8.98. The van der Waals surface area contributed by atoms with E-state index in [1.807, 2.05) is 43.3 Å². The first-order valence-electron chi connectivity index (χ1n) is 11.8. The fourth-order valence-electron chi connectivity index (χ4n) is 3.40. The number of carbonyl (C=O) groups is 2. The van der Waals surface area contributed by atoms with Crippen LogP contribution in [0.2, 0.25) is 0 Å². The number of hydrogen-bond donors (Lipinski definition) is 0. The minimum Gasteiger partial charge on any atom is -0.494 e. The van der Waals surface area contributed by atoms with Gasteiger partial charge < -0.3 is 23.7 Å². The molecule has 0 aliphatic heterocycles. The smallest absolute Gasteiger partial charge is 0.336 e. The van der Waals surface area contributed by atoms with Gasteiger partial charge in [0.15, 0.2) is 0 Å². The Morgan fingerprint density at radius 1 is 0.833 bits per heavy atom. The van der Waals surface area contributed by atoms with Crippen LogP contribution in [0.15, 0.2) is 66.8 Å². The van der Waals surface area contributed by atoms with Gasteiger partial charge in [0.05, 0.1) is 6.61 Å². The third-order valence-electron chi connectivity index (χ3n) is 5.35. The Hall–Kier alpha value is -3.74. The van der Waals surface area contributed by atoms with Crippen molar-refractivity contribution in [2.24, 2.45) is 0 Å². The number of carbonyl (C=O) groups excluding carboxylic acids is 2. The van der Waals surface area contributed by atoms with Crippen LogP contribution in [0.3, 0.4) is 0 Å². The average molecular weight is 497 g/mol. The lowest BCUT2D eigenvalue weighted by Gasteiger charge is -2.30. The van der Waals surface area contributed by atoms with Gasteiger partial charge in [-0.1, -0.05) is 45.2 Å². The van der Waals surface area contributed by atoms with Gasteiger partial charge in [0.1, 0.15) is 17.2 Å². The zero-order valence-corrected chi connectivity index (χ0v) is 22.2. The fourth-order valence-corrected chi connectivity index (χ4v) is 3.40. The summed E-state index contributed by atoms with van der Waals surface area (Å²) >= 11 is 0. The van der Waals surface area contributed by atoms with Crippen molar-refractivity contribution in [1.29, 1.82) is 0 Å². The van der Waals surface area contributed by atoms with E-state index in [1.165, 1.54) is 0 Å². The van der Waals surface area contributed by atoms with Gasteiger partial charge >= 0.3 is 11.9 Å². The molecular formula is C29H36O7. The van der Waals surface area contributed by atoms with Crippen molar-refractivity contribution in [2.45, 2.75) is 66.5 Å². The molecule has 0 N–H and O–H groups in total. The molecule has 7 nitrogen and oxygen atoms in total. The van der Waals surface area contributed by atoms with Gasteiger partial charge in [-0.3, -0.25) is 0 Å². The van der Waals surface area contributed by atoms with Crippen molar-refractivity contribution in [1.82, 2.24) is 0 Å². The SMILES string of the molecule is C=C(C)C(=O)OC(C)Oc1ccc(C(C)(C)c2ccc(OCC)cc2OC(C)OC(=O)C(=C)C)cc1. The molecule has 0 aliphatic carbocycles. The number of rotatable bonds is 12. The highest BCUT2D eigenvalue weighted by Gasteiger charge is 2.28. The maximum absolute atomic E-state index is 11.9. The minimum atomic E-state index is -0.834. The lowest BCUT2D eigenvalue weighted by Crippen LogP contribution is -2.25. The van der Waals surface area contributed by atoms with Crippen LogP contribution >= 0.6 is 0 Å². The Morgan fingerprint density at radius 2 is 1.33 bits per heavy atom. The van der Waals surface area contributed by atoms with E-state index in [2.05, 4.69) is 27.0 Å².